The quantitative estimate of drug-likeness (QED) is 0.504. The van der Waals surface area contributed by atoms with Gasteiger partial charge in [0.15, 0.2) is 12.2 Å². The number of hydrogen-bond acceptors (Lipinski definition) is 9. The second-order valence-corrected chi connectivity index (χ2v) is 10.8. The Labute approximate surface area is 208 Å². The van der Waals surface area contributed by atoms with E-state index in [-0.39, 0.29) is 17.9 Å². The largest absolute Gasteiger partial charge is 0.490 e. The van der Waals surface area contributed by atoms with Crippen LogP contribution in [0, 0.1) is 0 Å². The second kappa shape index (κ2) is 9.75. The van der Waals surface area contributed by atoms with Crippen molar-refractivity contribution in [3.05, 3.63) is 29.2 Å². The predicted octanol–water partition coefficient (Wildman–Crippen LogP) is 3.96. The Bertz CT molecular complexity index is 1180. The molecule has 2 aliphatic carbocycles. The highest BCUT2D eigenvalue weighted by molar-refractivity contribution is 7.19. The van der Waals surface area contributed by atoms with Crippen molar-refractivity contribution in [3.8, 4) is 5.75 Å². The van der Waals surface area contributed by atoms with Crippen molar-refractivity contribution in [3.63, 3.8) is 0 Å². The summed E-state index contributed by atoms with van der Waals surface area (Å²) in [4.78, 5) is 25.6. The van der Waals surface area contributed by atoms with Crippen LogP contribution in [0.5, 0.6) is 5.75 Å². The lowest BCUT2D eigenvalue weighted by Crippen LogP contribution is -2.46. The summed E-state index contributed by atoms with van der Waals surface area (Å²) in [5.74, 6) is 1.99. The van der Waals surface area contributed by atoms with Gasteiger partial charge in [-0.1, -0.05) is 0 Å². The number of thiophene rings is 1. The van der Waals surface area contributed by atoms with Crippen LogP contribution in [0.25, 0.3) is 10.2 Å². The molecule has 1 saturated carbocycles. The normalized spacial score (nSPS) is 25.0. The van der Waals surface area contributed by atoms with E-state index in [9.17, 15) is 4.79 Å². The minimum atomic E-state index is -0.261. The minimum Gasteiger partial charge on any atom is -0.490 e. The molecule has 1 amide bonds. The van der Waals surface area contributed by atoms with E-state index in [0.717, 1.165) is 80.8 Å². The molecule has 0 unspecified atom stereocenters. The molecule has 1 saturated heterocycles. The number of nitrogens with one attached hydrogen (secondary N) is 1. The Hall–Kier alpha value is -2.69. The van der Waals surface area contributed by atoms with Gasteiger partial charge in [0.25, 0.3) is 0 Å². The number of amides is 1. The fourth-order valence-electron chi connectivity index (χ4n) is 5.86. The first kappa shape index (κ1) is 22.8. The number of nitrogens with two attached hydrogens (primary N) is 1. The van der Waals surface area contributed by atoms with Crippen LogP contribution in [0.2, 0.25) is 0 Å². The summed E-state index contributed by atoms with van der Waals surface area (Å²) in [6, 6.07) is 2.59. The lowest BCUT2D eigenvalue weighted by atomic mass is 9.91. The summed E-state index contributed by atoms with van der Waals surface area (Å²) in [7, 11) is 0. The molecule has 1 atom stereocenters. The smallest absolute Gasteiger partial charge is 0.218 e. The third-order valence-corrected chi connectivity index (χ3v) is 8.66. The third-order valence-electron chi connectivity index (χ3n) is 7.50. The lowest BCUT2D eigenvalue weighted by molar-refractivity contribution is -0.118. The van der Waals surface area contributed by atoms with Gasteiger partial charge in [0.2, 0.25) is 5.91 Å². The van der Waals surface area contributed by atoms with Crippen LogP contribution >= 0.6 is 11.3 Å². The van der Waals surface area contributed by atoms with Crippen molar-refractivity contribution in [2.45, 2.75) is 63.0 Å². The zero-order valence-electron chi connectivity index (χ0n) is 19.7. The molecular weight excluding hydrogens is 466 g/mol. The summed E-state index contributed by atoms with van der Waals surface area (Å²) < 4.78 is 17.4. The van der Waals surface area contributed by atoms with Gasteiger partial charge in [-0.15, -0.1) is 11.3 Å². The molecule has 0 aromatic carbocycles. The molecule has 0 spiro atoms. The number of rotatable bonds is 7. The highest BCUT2D eigenvalue weighted by Gasteiger charge is 2.33. The van der Waals surface area contributed by atoms with Crippen LogP contribution in [0.4, 0.5) is 11.6 Å². The molecule has 9 nitrogen and oxygen atoms in total. The van der Waals surface area contributed by atoms with Crippen molar-refractivity contribution in [2.75, 3.05) is 31.6 Å². The summed E-state index contributed by atoms with van der Waals surface area (Å²) in [5, 5.41) is 4.28. The standard InChI is InChI=1S/C25H31N5O4S/c26-20(31)11-15-1-6-19-23(15)24-18(12-21(29-25(24)35-19)28-22-13-33-14-27-22)34-17-4-2-16(3-5-17)30-7-9-32-10-8-30/h12-17H,1-11H2,(H2,26,31)(H,28,29)/t15-,16-,17-/m1/s1. The summed E-state index contributed by atoms with van der Waals surface area (Å²) >= 11 is 1.69. The lowest BCUT2D eigenvalue weighted by Gasteiger charge is -2.38. The minimum absolute atomic E-state index is 0.131. The number of fused-ring (bicyclic) bond motifs is 3. The van der Waals surface area contributed by atoms with Crippen LogP contribution in [0.3, 0.4) is 0 Å². The van der Waals surface area contributed by atoms with Crippen molar-refractivity contribution in [2.24, 2.45) is 5.73 Å². The van der Waals surface area contributed by atoms with E-state index in [1.807, 2.05) is 6.07 Å². The summed E-state index contributed by atoms with van der Waals surface area (Å²) in [6.07, 6.45) is 9.67. The number of hydrogen-bond donors (Lipinski definition) is 2. The Balaban J connectivity index is 1.28. The topological polar surface area (TPSA) is 116 Å². The summed E-state index contributed by atoms with van der Waals surface area (Å²) in [6.45, 7) is 3.73. The molecule has 0 radical (unpaired) electrons. The molecule has 3 aliphatic rings. The maximum Gasteiger partial charge on any atom is 0.218 e. The van der Waals surface area contributed by atoms with Crippen LogP contribution in [0.1, 0.15) is 54.9 Å². The van der Waals surface area contributed by atoms with E-state index in [1.165, 1.54) is 16.8 Å². The van der Waals surface area contributed by atoms with Crippen molar-refractivity contribution in [1.82, 2.24) is 14.9 Å². The molecule has 4 heterocycles. The highest BCUT2D eigenvalue weighted by Crippen LogP contribution is 2.49. The number of morpholine rings is 1. The maximum atomic E-state index is 11.8. The highest BCUT2D eigenvalue weighted by atomic mass is 32.1. The van der Waals surface area contributed by atoms with Gasteiger partial charge in [-0.3, -0.25) is 9.69 Å². The first-order chi connectivity index (χ1) is 17.1. The molecule has 3 aromatic rings. The number of pyridine rings is 1. The van der Waals surface area contributed by atoms with Gasteiger partial charge < -0.3 is 24.9 Å². The average molecular weight is 498 g/mol. The Morgan fingerprint density at radius 3 is 2.77 bits per heavy atom. The molecule has 35 heavy (non-hydrogen) atoms. The molecule has 3 N–H and O–H groups in total. The van der Waals surface area contributed by atoms with Crippen molar-refractivity contribution < 1.29 is 18.7 Å². The second-order valence-electron chi connectivity index (χ2n) is 9.73. The molecule has 10 heteroatoms. The van der Waals surface area contributed by atoms with Crippen molar-refractivity contribution >= 4 is 39.1 Å². The molecule has 2 fully saturated rings. The SMILES string of the molecule is NC(=O)C[C@H]1CCc2sc3nc(Nc4cocn4)cc(O[C@H]4CC[C@H](N5CCOCC5)CC4)c3c21. The predicted molar refractivity (Wildman–Crippen MR) is 133 cm³/mol. The van der Waals surface area contributed by atoms with Crippen LogP contribution in [-0.2, 0) is 16.0 Å². The summed E-state index contributed by atoms with van der Waals surface area (Å²) in [5.41, 5.74) is 6.79. The van der Waals surface area contributed by atoms with Gasteiger partial charge in [-0.05, 0) is 50.0 Å². The van der Waals surface area contributed by atoms with Gasteiger partial charge in [-0.25, -0.2) is 4.98 Å². The fraction of sp³-hybridized carbons (Fsp3) is 0.560. The number of carbonyl (C=O) groups is 1. The van der Waals surface area contributed by atoms with Crippen LogP contribution < -0.4 is 15.8 Å². The zero-order chi connectivity index (χ0) is 23.8. The molecule has 6 rings (SSSR count). The number of anilines is 2. The maximum absolute atomic E-state index is 11.8. The number of ether oxygens (including phenoxy) is 2. The first-order valence-electron chi connectivity index (χ1n) is 12.5. The van der Waals surface area contributed by atoms with E-state index >= 15 is 0 Å². The van der Waals surface area contributed by atoms with Crippen LogP contribution in [-0.4, -0.2) is 59.2 Å². The number of nitrogens with zero attached hydrogens (tertiary/aromatic N) is 3. The Morgan fingerprint density at radius 1 is 1.20 bits per heavy atom. The van der Waals surface area contributed by atoms with E-state index in [0.29, 0.717) is 24.1 Å². The number of aromatic nitrogens is 2. The Kier molecular flexibility index (Phi) is 6.34. The molecule has 3 aromatic heterocycles. The molecule has 1 aliphatic heterocycles. The van der Waals surface area contributed by atoms with E-state index < -0.39 is 0 Å². The van der Waals surface area contributed by atoms with Gasteiger partial charge >= 0.3 is 0 Å². The van der Waals surface area contributed by atoms with E-state index in [2.05, 4.69) is 15.2 Å². The average Bonchev–Trinajstić information content (AvgIpc) is 3.58. The van der Waals surface area contributed by atoms with E-state index in [1.54, 1.807) is 17.6 Å². The number of aryl methyl sites for hydroxylation is 1. The monoisotopic (exact) mass is 497 g/mol. The van der Waals surface area contributed by atoms with Gasteiger partial charge in [0.05, 0.1) is 24.7 Å². The zero-order valence-corrected chi connectivity index (χ0v) is 20.5. The number of oxazole rings is 1. The molecule has 0 bridgehead atoms. The third kappa shape index (κ3) is 4.74. The van der Waals surface area contributed by atoms with Crippen molar-refractivity contribution in [1.29, 1.82) is 0 Å². The van der Waals surface area contributed by atoms with Gasteiger partial charge in [0.1, 0.15) is 22.7 Å². The van der Waals surface area contributed by atoms with E-state index in [4.69, 9.17) is 24.6 Å². The van der Waals surface area contributed by atoms with Gasteiger partial charge in [0, 0.05) is 36.5 Å². The molecule has 186 valence electrons. The number of primary amides is 1. The number of carbonyl (C=O) groups excluding carboxylic acids is 1. The molecular formula is C25H31N5O4S. The fourth-order valence-corrected chi connectivity index (χ4v) is 7.15. The first-order valence-corrected chi connectivity index (χ1v) is 13.3. The Morgan fingerprint density at radius 2 is 2.03 bits per heavy atom. The van der Waals surface area contributed by atoms with Gasteiger partial charge in [-0.2, -0.15) is 4.98 Å². The van der Waals surface area contributed by atoms with Crippen LogP contribution in [0.15, 0.2) is 23.1 Å².